The Balaban J connectivity index is 1.07. The summed E-state index contributed by atoms with van der Waals surface area (Å²) in [5.74, 6) is -0.0907. The van der Waals surface area contributed by atoms with Crippen molar-refractivity contribution in [3.05, 3.63) is 101 Å². The van der Waals surface area contributed by atoms with Gasteiger partial charge < -0.3 is 19.2 Å². The van der Waals surface area contributed by atoms with E-state index in [1.54, 1.807) is 17.2 Å². The molecule has 4 aliphatic rings. The molecule has 0 spiro atoms. The lowest BCUT2D eigenvalue weighted by molar-refractivity contribution is -0.144. The van der Waals surface area contributed by atoms with E-state index in [0.717, 1.165) is 54.9 Å². The molecule has 0 saturated carbocycles. The minimum atomic E-state index is -1.02. The molecule has 0 unspecified atom stereocenters. The predicted octanol–water partition coefficient (Wildman–Crippen LogP) is 4.97. The Labute approximate surface area is 276 Å². The van der Waals surface area contributed by atoms with Crippen molar-refractivity contribution in [2.45, 2.75) is 70.6 Å². The molecule has 0 radical (unpaired) electrons. The van der Waals surface area contributed by atoms with Crippen molar-refractivity contribution in [1.29, 1.82) is 0 Å². The van der Waals surface area contributed by atoms with Crippen molar-refractivity contribution in [2.75, 3.05) is 13.1 Å². The first-order chi connectivity index (χ1) is 22.9. The van der Waals surface area contributed by atoms with Crippen LogP contribution in [0.5, 0.6) is 0 Å². The van der Waals surface area contributed by atoms with Gasteiger partial charge in [0.25, 0.3) is 0 Å². The van der Waals surface area contributed by atoms with Gasteiger partial charge in [0.15, 0.2) is 0 Å². The number of rotatable bonds is 9. The van der Waals surface area contributed by atoms with Gasteiger partial charge in [-0.3, -0.25) is 24.4 Å². The first-order valence-electron chi connectivity index (χ1n) is 16.9. The number of carbonyl (C=O) groups excluding carboxylic acids is 2. The fourth-order valence-corrected chi connectivity index (χ4v) is 8.32. The Hall–Kier alpha value is -3.83. The highest BCUT2D eigenvalue weighted by molar-refractivity contribution is 6.43. The molecule has 3 aliphatic heterocycles. The molecule has 0 bridgehead atoms. The summed E-state index contributed by atoms with van der Waals surface area (Å²) in [6.07, 6.45) is 6.85. The number of furan rings is 1. The van der Waals surface area contributed by atoms with E-state index in [1.165, 1.54) is 5.56 Å². The van der Waals surface area contributed by atoms with Crippen molar-refractivity contribution in [3.8, 4) is 0 Å². The number of aliphatic hydroxyl groups excluding tert-OH is 1. The Kier molecular flexibility index (Phi) is 9.27. The number of aliphatic hydroxyl groups is 1. The molecule has 7 rings (SSSR count). The summed E-state index contributed by atoms with van der Waals surface area (Å²) < 4.78 is 11.9. The molecule has 10 heteroatoms. The van der Waals surface area contributed by atoms with Crippen molar-refractivity contribution in [3.63, 3.8) is 0 Å². The van der Waals surface area contributed by atoms with Gasteiger partial charge >= 0.3 is 7.12 Å². The number of fused-ring (bicyclic) bond motifs is 3. The monoisotopic (exact) mass is 635 g/mol. The van der Waals surface area contributed by atoms with Gasteiger partial charge in [0.05, 0.1) is 23.6 Å². The molecule has 47 heavy (non-hydrogen) atoms. The van der Waals surface area contributed by atoms with Crippen LogP contribution in [0.3, 0.4) is 0 Å². The minimum Gasteiger partial charge on any atom is -0.459 e. The average Bonchev–Trinajstić information content (AvgIpc) is 3.65. The second-order valence-corrected chi connectivity index (χ2v) is 13.4. The number of pyridine rings is 1. The molecule has 3 saturated heterocycles. The smallest absolute Gasteiger partial charge is 0.455 e. The van der Waals surface area contributed by atoms with Gasteiger partial charge in [-0.05, 0) is 98.3 Å². The number of hydrogen-bond donors (Lipinski definition) is 2. The van der Waals surface area contributed by atoms with E-state index in [-0.39, 0.29) is 42.4 Å². The third-order valence-electron chi connectivity index (χ3n) is 10.5. The van der Waals surface area contributed by atoms with Crippen LogP contribution in [0.2, 0.25) is 6.32 Å². The molecule has 2 N–H and O–H groups in total. The maximum absolute atomic E-state index is 14.2. The fourth-order valence-electron chi connectivity index (χ4n) is 8.32. The van der Waals surface area contributed by atoms with Crippen LogP contribution in [0.1, 0.15) is 61.8 Å². The second kappa shape index (κ2) is 13.7. The summed E-state index contributed by atoms with van der Waals surface area (Å²) in [6, 6.07) is 19.6. The number of likely N-dealkylation sites (tertiary alicyclic amines) is 2. The zero-order valence-corrected chi connectivity index (χ0v) is 26.8. The SMILES string of the molecule is CC1=C2[C@@H](CC/C(=C/c3ccc(CO)o3)c3ccccn3)OB(O)C[C@@H]2[C@@H]2C(=O)N(C3CCN(Cc4ccccc4)CC3)C(=O)[C@@H]2C1. The fraction of sp³-hybridized carbons (Fsp3) is 0.432. The van der Waals surface area contributed by atoms with E-state index >= 15 is 0 Å². The summed E-state index contributed by atoms with van der Waals surface area (Å²) >= 11 is 0. The molecular formula is C37H42BN3O6. The summed E-state index contributed by atoms with van der Waals surface area (Å²) in [4.78, 5) is 36.7. The van der Waals surface area contributed by atoms with E-state index in [9.17, 15) is 19.7 Å². The summed E-state index contributed by atoms with van der Waals surface area (Å²) in [5, 5.41) is 20.4. The van der Waals surface area contributed by atoms with Crippen LogP contribution in [0.25, 0.3) is 11.6 Å². The number of allylic oxidation sites excluding steroid dienone is 2. The lowest BCUT2D eigenvalue weighted by Gasteiger charge is -2.42. The molecule has 9 nitrogen and oxygen atoms in total. The third kappa shape index (κ3) is 6.52. The molecule has 244 valence electrons. The van der Waals surface area contributed by atoms with Crippen LogP contribution < -0.4 is 0 Å². The number of aromatic nitrogens is 1. The molecule has 2 amide bonds. The maximum Gasteiger partial charge on any atom is 0.455 e. The number of imide groups is 1. The minimum absolute atomic E-state index is 0.0430. The van der Waals surface area contributed by atoms with Gasteiger partial charge in [-0.2, -0.15) is 0 Å². The average molecular weight is 636 g/mol. The summed E-state index contributed by atoms with van der Waals surface area (Å²) in [5.41, 5.74) is 5.17. The first kappa shape index (κ1) is 31.8. The second-order valence-electron chi connectivity index (χ2n) is 13.4. The molecular weight excluding hydrogens is 593 g/mol. The zero-order chi connectivity index (χ0) is 32.5. The highest BCUT2D eigenvalue weighted by Crippen LogP contribution is 2.51. The van der Waals surface area contributed by atoms with E-state index in [4.69, 9.17) is 9.07 Å². The molecule has 1 aliphatic carbocycles. The van der Waals surface area contributed by atoms with Gasteiger partial charge in [0.2, 0.25) is 11.8 Å². The van der Waals surface area contributed by atoms with Gasteiger partial charge in [0, 0.05) is 31.9 Å². The van der Waals surface area contributed by atoms with Crippen LogP contribution in [0, 0.1) is 17.8 Å². The van der Waals surface area contributed by atoms with E-state index < -0.39 is 13.0 Å². The Morgan fingerprint density at radius 1 is 1.02 bits per heavy atom. The number of benzene rings is 1. The standard InChI is InChI=1S/C37H42BN3O6/c1-24-19-30-35(37(44)41(36(30)43)27-14-17-40(18-15-27)22-25-7-3-2-4-8-25)31-21-38(45)47-33(34(24)31)13-10-26(32-9-5-6-16-39-32)20-28-11-12-29(23-42)46-28/h2-9,11-12,16,20,27,30-31,33,35,42,45H,10,13-15,17-19,21-23H2,1H3/b26-20-/t30-,31+,33-,35-/m1/s1. The molecule has 1 aromatic carbocycles. The van der Waals surface area contributed by atoms with Crippen LogP contribution in [-0.4, -0.2) is 69.1 Å². The Bertz CT molecular complexity index is 1650. The summed E-state index contributed by atoms with van der Waals surface area (Å²) in [7, 11) is -1.02. The first-order valence-corrected chi connectivity index (χ1v) is 16.9. The number of piperidine rings is 1. The highest BCUT2D eigenvalue weighted by Gasteiger charge is 2.58. The Morgan fingerprint density at radius 2 is 1.81 bits per heavy atom. The van der Waals surface area contributed by atoms with E-state index in [1.807, 2.05) is 36.4 Å². The number of nitrogens with zero attached hydrogens (tertiary/aromatic N) is 3. The third-order valence-corrected chi connectivity index (χ3v) is 10.5. The van der Waals surface area contributed by atoms with Crippen LogP contribution in [-0.2, 0) is 27.4 Å². The number of carbonyl (C=O) groups is 2. The van der Waals surface area contributed by atoms with Gasteiger partial charge in [-0.15, -0.1) is 0 Å². The zero-order valence-electron chi connectivity index (χ0n) is 26.8. The number of amides is 2. The topological polar surface area (TPSA) is 116 Å². The van der Waals surface area contributed by atoms with E-state index in [2.05, 4.69) is 41.1 Å². The molecule has 3 fully saturated rings. The predicted molar refractivity (Wildman–Crippen MR) is 178 cm³/mol. The number of hydrogen-bond acceptors (Lipinski definition) is 8. The molecule has 2 aromatic heterocycles. The highest BCUT2D eigenvalue weighted by atomic mass is 16.5. The van der Waals surface area contributed by atoms with Gasteiger partial charge in [-0.1, -0.05) is 42.0 Å². The van der Waals surface area contributed by atoms with Crippen molar-refractivity contribution in [2.24, 2.45) is 17.8 Å². The van der Waals surface area contributed by atoms with E-state index in [0.29, 0.717) is 37.1 Å². The van der Waals surface area contributed by atoms with Crippen molar-refractivity contribution >= 4 is 30.6 Å². The van der Waals surface area contributed by atoms with Crippen LogP contribution in [0.15, 0.2) is 82.4 Å². The lowest BCUT2D eigenvalue weighted by Crippen LogP contribution is -2.48. The lowest BCUT2D eigenvalue weighted by atomic mass is 9.58. The normalized spacial score (nSPS) is 25.8. The molecule has 3 aromatic rings. The van der Waals surface area contributed by atoms with Crippen molar-refractivity contribution < 1.29 is 28.8 Å². The Morgan fingerprint density at radius 3 is 2.53 bits per heavy atom. The maximum atomic E-state index is 14.2. The van der Waals surface area contributed by atoms with Crippen LogP contribution in [0.4, 0.5) is 0 Å². The quantitative estimate of drug-likeness (QED) is 0.193. The van der Waals surface area contributed by atoms with Gasteiger partial charge in [-0.25, -0.2) is 0 Å². The van der Waals surface area contributed by atoms with Gasteiger partial charge in [0.1, 0.15) is 18.1 Å². The largest absolute Gasteiger partial charge is 0.459 e. The van der Waals surface area contributed by atoms with Crippen LogP contribution >= 0.6 is 0 Å². The molecule has 5 heterocycles. The molecule has 4 atom stereocenters. The summed E-state index contributed by atoms with van der Waals surface area (Å²) in [6.45, 7) is 4.44. The van der Waals surface area contributed by atoms with Crippen molar-refractivity contribution in [1.82, 2.24) is 14.8 Å².